The van der Waals surface area contributed by atoms with Crippen LogP contribution >= 0.6 is 0 Å². The van der Waals surface area contributed by atoms with Crippen molar-refractivity contribution in [3.05, 3.63) is 11.1 Å². The molecule has 4 aliphatic heterocycles. The lowest BCUT2D eigenvalue weighted by molar-refractivity contribution is -0.392. The Morgan fingerprint density at radius 3 is 1.93 bits per heavy atom. The second-order valence-electron chi connectivity index (χ2n) is 26.3. The van der Waals surface area contributed by atoms with Gasteiger partial charge in [0.1, 0.15) is 91.0 Å². The number of hydrogen-bond donors (Lipinski definition) is 12. The van der Waals surface area contributed by atoms with Crippen molar-refractivity contribution in [3.63, 3.8) is 0 Å². The van der Waals surface area contributed by atoms with Gasteiger partial charge < -0.3 is 104 Å². The largest absolute Gasteiger partial charge is 0.481 e. The fourth-order valence-electron chi connectivity index (χ4n) is 16.1. The van der Waals surface area contributed by atoms with Crippen molar-refractivity contribution in [1.82, 2.24) is 5.32 Å². The maximum absolute atomic E-state index is 14.2. The van der Waals surface area contributed by atoms with E-state index in [4.69, 9.17) is 42.6 Å². The molecule has 0 radical (unpaired) electrons. The van der Waals surface area contributed by atoms with Crippen LogP contribution in [0.1, 0.15) is 133 Å². The average molecular weight is 1160 g/mol. The lowest BCUT2D eigenvalue weighted by atomic mass is 9.43. The highest BCUT2D eigenvalue weighted by molar-refractivity contribution is 5.82. The second kappa shape index (κ2) is 24.7. The fourth-order valence-corrected chi connectivity index (χ4v) is 16.1. The number of carboxylic acid groups (broad SMARTS) is 1. The Kier molecular flexibility index (Phi) is 19.6. The minimum absolute atomic E-state index is 0.0679. The first-order valence-electron chi connectivity index (χ1n) is 29.2. The molecule has 12 N–H and O–H groups in total. The summed E-state index contributed by atoms with van der Waals surface area (Å²) in [7, 11) is 0. The number of ether oxygens (including phenoxy) is 9. The molecular formula is C57H93NO23. The molecule has 0 aromatic carbocycles. The summed E-state index contributed by atoms with van der Waals surface area (Å²) < 4.78 is 55.1. The van der Waals surface area contributed by atoms with Gasteiger partial charge in [0.15, 0.2) is 25.2 Å². The summed E-state index contributed by atoms with van der Waals surface area (Å²) in [6.45, 7) is 16.9. The number of amides is 1. The number of esters is 1. The molecule has 4 saturated heterocycles. The van der Waals surface area contributed by atoms with Crippen LogP contribution < -0.4 is 5.32 Å². The summed E-state index contributed by atoms with van der Waals surface area (Å²) in [5.41, 5.74) is -1.19. The zero-order chi connectivity index (χ0) is 59.6. The molecule has 1 amide bonds. The third-order valence-corrected chi connectivity index (χ3v) is 21.1. The number of aliphatic carboxylic acids is 1. The topological polar surface area (TPSA) is 369 Å². The number of carboxylic acids is 1. The normalized spacial score (nSPS) is 46.4. The van der Waals surface area contributed by atoms with Gasteiger partial charge in [0.25, 0.3) is 0 Å². The number of carbonyl (C=O) groups excluding carboxylic acids is 2. The molecule has 464 valence electrons. The molecule has 24 heteroatoms. The number of allylic oxidation sites excluding steroid dienone is 1. The maximum Gasteiger partial charge on any atom is 0.314 e. The Balaban J connectivity index is 1.07. The summed E-state index contributed by atoms with van der Waals surface area (Å²) in [5.74, 6) is -1.49. The summed E-state index contributed by atoms with van der Waals surface area (Å²) in [4.78, 5) is 38.9. The molecule has 26 atom stereocenters. The van der Waals surface area contributed by atoms with Crippen molar-refractivity contribution in [2.45, 2.75) is 256 Å². The quantitative estimate of drug-likeness (QED) is 0.0647. The summed E-state index contributed by atoms with van der Waals surface area (Å²) in [5, 5.41) is 123. The molecule has 0 spiro atoms. The highest BCUT2D eigenvalue weighted by atomic mass is 16.8. The van der Waals surface area contributed by atoms with Crippen LogP contribution in [0.5, 0.6) is 0 Å². The number of fused-ring (bicyclic) bond motifs is 4. The Labute approximate surface area is 473 Å². The molecule has 0 aromatic rings. The molecular weight excluding hydrogens is 1070 g/mol. The molecule has 8 aliphatic rings. The maximum atomic E-state index is 14.2. The number of rotatable bonds is 18. The highest BCUT2D eigenvalue weighted by Crippen LogP contribution is 2.73. The minimum atomic E-state index is -1.95. The van der Waals surface area contributed by atoms with Crippen LogP contribution in [0.4, 0.5) is 0 Å². The molecule has 81 heavy (non-hydrogen) atoms. The monoisotopic (exact) mass is 1160 g/mol. The smallest absolute Gasteiger partial charge is 0.314 e. The van der Waals surface area contributed by atoms with Crippen LogP contribution in [0.3, 0.4) is 0 Å². The zero-order valence-electron chi connectivity index (χ0n) is 48.5. The summed E-state index contributed by atoms with van der Waals surface area (Å²) in [6, 6.07) is -1.50. The Bertz CT molecular complexity index is 2250. The van der Waals surface area contributed by atoms with Crippen molar-refractivity contribution in [1.29, 1.82) is 0 Å². The van der Waals surface area contributed by atoms with E-state index >= 15 is 0 Å². The van der Waals surface area contributed by atoms with Crippen LogP contribution in [0.2, 0.25) is 0 Å². The zero-order valence-corrected chi connectivity index (χ0v) is 48.5. The molecule has 24 nitrogen and oxygen atoms in total. The molecule has 4 heterocycles. The number of aliphatic hydroxyl groups excluding tert-OH is 10. The molecule has 2 unspecified atom stereocenters. The van der Waals surface area contributed by atoms with Crippen LogP contribution in [0.25, 0.3) is 0 Å². The second-order valence-corrected chi connectivity index (χ2v) is 26.3. The van der Waals surface area contributed by atoms with Gasteiger partial charge in [-0.3, -0.25) is 14.4 Å². The van der Waals surface area contributed by atoms with Crippen molar-refractivity contribution in [2.75, 3.05) is 26.4 Å². The van der Waals surface area contributed by atoms with Gasteiger partial charge in [-0.1, -0.05) is 59.6 Å². The fraction of sp³-hybridized carbons (Fsp3) is 0.912. The first kappa shape index (κ1) is 64.4. The van der Waals surface area contributed by atoms with E-state index in [1.807, 2.05) is 20.8 Å². The van der Waals surface area contributed by atoms with Gasteiger partial charge in [-0.05, 0) is 111 Å². The van der Waals surface area contributed by atoms with Gasteiger partial charge >= 0.3 is 11.9 Å². The lowest BCUT2D eigenvalue weighted by Gasteiger charge is -2.62. The molecule has 8 rings (SSSR count). The van der Waals surface area contributed by atoms with E-state index in [1.54, 1.807) is 0 Å². The SMILES string of the molecule is CC(=O)N[C@H]1[C@H](O[C@H]2[C@H](OC3CC[C@]4(C)C5=C(CC[C@H]4C3(C)C)[C@]3(C(=O)O)CC[C@H]([C@H](C)CCC(C)(OC(C)=O)C(C)C)[C@@]3(C)CC5)O[C@H](CO)[C@H](O)[C@@H]2O[C@@H]2OC[C@H](O[C@@H]3OC[C@H](O)[C@H](O)[C@H]3O)[C@H](O)[C@H]2O)O[C@H](CO)[C@H](O)[C@@H]1O. The Morgan fingerprint density at radius 1 is 0.679 bits per heavy atom. The molecule has 2 saturated carbocycles. The molecule has 6 fully saturated rings. The predicted octanol–water partition coefficient (Wildman–Crippen LogP) is 0.274. The van der Waals surface area contributed by atoms with Crippen molar-refractivity contribution >= 4 is 17.8 Å². The number of aliphatic hydroxyl groups is 10. The van der Waals surface area contributed by atoms with Crippen LogP contribution in [0.15, 0.2) is 11.1 Å². The van der Waals surface area contributed by atoms with E-state index in [0.29, 0.717) is 44.9 Å². The highest BCUT2D eigenvalue weighted by Gasteiger charge is 2.69. The van der Waals surface area contributed by atoms with E-state index < -0.39 is 182 Å². The first-order chi connectivity index (χ1) is 37.9. The summed E-state index contributed by atoms with van der Waals surface area (Å²) >= 11 is 0. The predicted molar refractivity (Wildman–Crippen MR) is 281 cm³/mol. The Hall–Kier alpha value is -2.57. The van der Waals surface area contributed by atoms with Gasteiger partial charge in [0.05, 0.1) is 37.9 Å². The molecule has 0 bridgehead atoms. The van der Waals surface area contributed by atoms with E-state index in [1.165, 1.54) is 12.5 Å². The van der Waals surface area contributed by atoms with Gasteiger partial charge in [-0.15, -0.1) is 0 Å². The average Bonchev–Trinajstić information content (AvgIpc) is 4.02. The third kappa shape index (κ3) is 11.7. The van der Waals surface area contributed by atoms with E-state index in [0.717, 1.165) is 31.8 Å². The number of nitrogens with one attached hydrogen (secondary N) is 1. The minimum Gasteiger partial charge on any atom is -0.481 e. The van der Waals surface area contributed by atoms with Crippen molar-refractivity contribution < 1.29 is 113 Å². The summed E-state index contributed by atoms with van der Waals surface area (Å²) in [6.07, 6.45) is -22.5. The van der Waals surface area contributed by atoms with Gasteiger partial charge in [-0.25, -0.2) is 0 Å². The van der Waals surface area contributed by atoms with Crippen LogP contribution in [-0.4, -0.2) is 223 Å². The van der Waals surface area contributed by atoms with Gasteiger partial charge in [0, 0.05) is 13.8 Å². The van der Waals surface area contributed by atoms with Crippen molar-refractivity contribution in [3.8, 4) is 0 Å². The van der Waals surface area contributed by atoms with Crippen LogP contribution in [-0.2, 0) is 57.0 Å². The van der Waals surface area contributed by atoms with E-state index in [-0.39, 0.29) is 29.6 Å². The van der Waals surface area contributed by atoms with Crippen molar-refractivity contribution in [2.24, 2.45) is 45.3 Å². The molecule has 4 aliphatic carbocycles. The molecule has 0 aromatic heterocycles. The number of hydrogen-bond acceptors (Lipinski definition) is 22. The lowest BCUT2D eigenvalue weighted by Crippen LogP contribution is -2.69. The van der Waals surface area contributed by atoms with E-state index in [2.05, 4.69) is 39.9 Å². The van der Waals surface area contributed by atoms with Gasteiger partial charge in [-0.2, -0.15) is 0 Å². The number of carbonyl (C=O) groups is 3. The van der Waals surface area contributed by atoms with Crippen LogP contribution in [0, 0.1) is 45.3 Å². The third-order valence-electron chi connectivity index (χ3n) is 21.1. The standard InChI is InChI=1S/C57H93NO23/c1-25(2)56(10,81-28(5)62)19-13-26(3)29-15-20-57(52(71)72)31-11-12-36-53(6,7)37(16-17-54(36,8)30(31)14-18-55(29,57)9)78-51-47(80-48-38(58-27(4)61)43(68)40(65)33(21-59)75-48)46(42(67)34(22-60)76-51)79-50-45(70)41(66)35(24-74-50)77-49-44(69)39(64)32(63)23-73-49/h25-26,29,32-51,59-60,63-70H,11-24H2,1-10H3,(H,58,61)(H,71,72)/t26-,29-,32+,33-,34-,35+,36+,37?,38-,39+,40+,41+,42+,43-,44-,45-,46+,47-,48+,49+,50+,51+,54-,55-,56?,57+/m1/s1. The van der Waals surface area contributed by atoms with Gasteiger partial charge in [0.2, 0.25) is 5.91 Å². The van der Waals surface area contributed by atoms with E-state index in [9.17, 15) is 70.6 Å². The first-order valence-corrected chi connectivity index (χ1v) is 29.2. The Morgan fingerprint density at radius 2 is 1.30 bits per heavy atom.